The summed E-state index contributed by atoms with van der Waals surface area (Å²) in [4.78, 5) is 28.3. The second kappa shape index (κ2) is 3.84. The van der Waals surface area contributed by atoms with Crippen LogP contribution in [0.4, 0.5) is 0 Å². The van der Waals surface area contributed by atoms with Crippen LogP contribution in [-0.4, -0.2) is 32.7 Å². The number of Topliss-reactive ketones (excluding diaryl/α,β-unsaturated/α-hetero) is 1. The summed E-state index contributed by atoms with van der Waals surface area (Å²) in [5, 5.41) is 0. The van der Waals surface area contributed by atoms with E-state index in [-0.39, 0.29) is 18.1 Å². The van der Waals surface area contributed by atoms with Crippen LogP contribution >= 0.6 is 0 Å². The number of ketones is 1. The lowest BCUT2D eigenvalue weighted by molar-refractivity contribution is -0.136. The standard InChI is InChI=1S/C10H13N3O2/c1-8(14)6-10(15)13-5-4-12-3-2-11-9(12)7-13/h2-3H,4-7H2,1H3. The average molecular weight is 207 g/mol. The molecule has 0 aromatic carbocycles. The molecule has 0 aliphatic carbocycles. The summed E-state index contributed by atoms with van der Waals surface area (Å²) in [6, 6.07) is 0. The average Bonchev–Trinajstić information content (AvgIpc) is 2.62. The molecule has 0 atom stereocenters. The number of fused-ring (bicyclic) bond motifs is 1. The van der Waals surface area contributed by atoms with Gasteiger partial charge in [-0.25, -0.2) is 4.98 Å². The maximum Gasteiger partial charge on any atom is 0.230 e. The molecular formula is C10H13N3O2. The third kappa shape index (κ3) is 2.06. The first-order chi connectivity index (χ1) is 7.16. The molecule has 1 aromatic heterocycles. The first-order valence-electron chi connectivity index (χ1n) is 4.94. The highest BCUT2D eigenvalue weighted by Crippen LogP contribution is 2.11. The normalized spacial score (nSPS) is 14.9. The van der Waals surface area contributed by atoms with Gasteiger partial charge < -0.3 is 9.47 Å². The highest BCUT2D eigenvalue weighted by atomic mass is 16.2. The number of hydrogen-bond donors (Lipinski definition) is 0. The summed E-state index contributed by atoms with van der Waals surface area (Å²) in [6.07, 6.45) is 3.64. The van der Waals surface area contributed by atoms with Gasteiger partial charge in [0.1, 0.15) is 11.6 Å². The van der Waals surface area contributed by atoms with Crippen LogP contribution in [0.1, 0.15) is 19.2 Å². The van der Waals surface area contributed by atoms with E-state index in [1.807, 2.05) is 10.8 Å². The van der Waals surface area contributed by atoms with Crippen molar-refractivity contribution in [3.8, 4) is 0 Å². The predicted molar refractivity (Wildman–Crippen MR) is 52.9 cm³/mol. The molecule has 1 aliphatic heterocycles. The van der Waals surface area contributed by atoms with E-state index in [1.54, 1.807) is 11.1 Å². The lowest BCUT2D eigenvalue weighted by Crippen LogP contribution is -2.38. The number of carbonyl (C=O) groups is 2. The highest BCUT2D eigenvalue weighted by molar-refractivity contribution is 5.96. The summed E-state index contributed by atoms with van der Waals surface area (Å²) in [6.45, 7) is 3.37. The fourth-order valence-electron chi connectivity index (χ4n) is 1.71. The van der Waals surface area contributed by atoms with Gasteiger partial charge in [0, 0.05) is 25.5 Å². The third-order valence-electron chi connectivity index (χ3n) is 2.50. The minimum Gasteiger partial charge on any atom is -0.333 e. The zero-order valence-corrected chi connectivity index (χ0v) is 8.64. The number of rotatable bonds is 2. The molecule has 0 saturated heterocycles. The molecule has 0 saturated carbocycles. The van der Waals surface area contributed by atoms with Gasteiger partial charge in [0.2, 0.25) is 5.91 Å². The Morgan fingerprint density at radius 1 is 1.47 bits per heavy atom. The monoisotopic (exact) mass is 207 g/mol. The summed E-state index contributed by atoms with van der Waals surface area (Å²) in [7, 11) is 0. The Bertz CT molecular complexity index is 397. The van der Waals surface area contributed by atoms with E-state index in [0.29, 0.717) is 13.1 Å². The first kappa shape index (κ1) is 9.89. The van der Waals surface area contributed by atoms with Crippen LogP contribution in [0.2, 0.25) is 0 Å². The molecule has 2 heterocycles. The number of aromatic nitrogens is 2. The van der Waals surface area contributed by atoms with Crippen molar-refractivity contribution >= 4 is 11.7 Å². The molecule has 15 heavy (non-hydrogen) atoms. The third-order valence-corrected chi connectivity index (χ3v) is 2.50. The van der Waals surface area contributed by atoms with Crippen molar-refractivity contribution in [2.45, 2.75) is 26.4 Å². The largest absolute Gasteiger partial charge is 0.333 e. The van der Waals surface area contributed by atoms with Crippen molar-refractivity contribution in [3.05, 3.63) is 18.2 Å². The number of nitrogens with zero attached hydrogens (tertiary/aromatic N) is 3. The van der Waals surface area contributed by atoms with Crippen LogP contribution in [-0.2, 0) is 22.7 Å². The lowest BCUT2D eigenvalue weighted by atomic mass is 10.2. The van der Waals surface area contributed by atoms with Crippen molar-refractivity contribution in [2.24, 2.45) is 0 Å². The highest BCUT2D eigenvalue weighted by Gasteiger charge is 2.21. The zero-order chi connectivity index (χ0) is 10.8. The van der Waals surface area contributed by atoms with E-state index in [1.165, 1.54) is 6.92 Å². The van der Waals surface area contributed by atoms with Gasteiger partial charge in [0.25, 0.3) is 0 Å². The summed E-state index contributed by atoms with van der Waals surface area (Å²) < 4.78 is 2.03. The smallest absolute Gasteiger partial charge is 0.230 e. The topological polar surface area (TPSA) is 55.2 Å². The fourth-order valence-corrected chi connectivity index (χ4v) is 1.71. The molecule has 2 rings (SSSR count). The molecule has 0 radical (unpaired) electrons. The van der Waals surface area contributed by atoms with Crippen LogP contribution in [0, 0.1) is 0 Å². The molecule has 1 aromatic rings. The van der Waals surface area contributed by atoms with Crippen molar-refractivity contribution < 1.29 is 9.59 Å². The number of amides is 1. The van der Waals surface area contributed by atoms with E-state index in [2.05, 4.69) is 4.98 Å². The molecule has 1 aliphatic rings. The van der Waals surface area contributed by atoms with Gasteiger partial charge in [-0.2, -0.15) is 0 Å². The van der Waals surface area contributed by atoms with Crippen molar-refractivity contribution in [1.29, 1.82) is 0 Å². The number of imidazole rings is 1. The molecule has 0 unspecified atom stereocenters. The minimum atomic E-state index is -0.100. The molecule has 0 N–H and O–H groups in total. The number of hydrogen-bond acceptors (Lipinski definition) is 3. The van der Waals surface area contributed by atoms with Gasteiger partial charge in [0.05, 0.1) is 13.0 Å². The van der Waals surface area contributed by atoms with Gasteiger partial charge in [-0.1, -0.05) is 0 Å². The second-order valence-corrected chi connectivity index (χ2v) is 3.73. The van der Waals surface area contributed by atoms with Gasteiger partial charge >= 0.3 is 0 Å². The van der Waals surface area contributed by atoms with Crippen LogP contribution in [0.15, 0.2) is 12.4 Å². The van der Waals surface area contributed by atoms with E-state index in [0.717, 1.165) is 12.4 Å². The first-order valence-corrected chi connectivity index (χ1v) is 4.94. The quantitative estimate of drug-likeness (QED) is 0.651. The number of carbonyl (C=O) groups excluding carboxylic acids is 2. The van der Waals surface area contributed by atoms with Crippen LogP contribution in [0.3, 0.4) is 0 Å². The van der Waals surface area contributed by atoms with Crippen LogP contribution in [0.25, 0.3) is 0 Å². The van der Waals surface area contributed by atoms with E-state index in [9.17, 15) is 9.59 Å². The maximum absolute atomic E-state index is 11.6. The Hall–Kier alpha value is -1.65. The molecule has 1 amide bonds. The summed E-state index contributed by atoms with van der Waals surface area (Å²) in [5.74, 6) is 0.698. The summed E-state index contributed by atoms with van der Waals surface area (Å²) >= 11 is 0. The second-order valence-electron chi connectivity index (χ2n) is 3.73. The molecule has 80 valence electrons. The van der Waals surface area contributed by atoms with Gasteiger partial charge in [-0.05, 0) is 6.92 Å². The SMILES string of the molecule is CC(=O)CC(=O)N1CCn2ccnc2C1. The predicted octanol–water partition coefficient (Wildman–Crippen LogP) is 0.204. The van der Waals surface area contributed by atoms with Crippen LogP contribution < -0.4 is 0 Å². The maximum atomic E-state index is 11.6. The van der Waals surface area contributed by atoms with Crippen molar-refractivity contribution in [3.63, 3.8) is 0 Å². The van der Waals surface area contributed by atoms with E-state index >= 15 is 0 Å². The van der Waals surface area contributed by atoms with Crippen molar-refractivity contribution in [1.82, 2.24) is 14.5 Å². The van der Waals surface area contributed by atoms with Crippen LogP contribution in [0.5, 0.6) is 0 Å². The molecule has 5 nitrogen and oxygen atoms in total. The van der Waals surface area contributed by atoms with Crippen molar-refractivity contribution in [2.75, 3.05) is 6.54 Å². The summed E-state index contributed by atoms with van der Waals surface area (Å²) in [5.41, 5.74) is 0. The molecule has 0 spiro atoms. The molecule has 5 heteroatoms. The van der Waals surface area contributed by atoms with E-state index in [4.69, 9.17) is 0 Å². The Kier molecular flexibility index (Phi) is 2.53. The fraction of sp³-hybridized carbons (Fsp3) is 0.500. The molecule has 0 fully saturated rings. The molecular weight excluding hydrogens is 194 g/mol. The molecule has 0 bridgehead atoms. The van der Waals surface area contributed by atoms with Gasteiger partial charge in [0.15, 0.2) is 0 Å². The Balaban J connectivity index is 2.03. The zero-order valence-electron chi connectivity index (χ0n) is 8.64. The lowest BCUT2D eigenvalue weighted by Gasteiger charge is -2.27. The van der Waals surface area contributed by atoms with E-state index < -0.39 is 0 Å². The van der Waals surface area contributed by atoms with Gasteiger partial charge in [-0.3, -0.25) is 9.59 Å². The minimum absolute atomic E-state index is 0.000703. The Morgan fingerprint density at radius 3 is 3.00 bits per heavy atom. The van der Waals surface area contributed by atoms with Gasteiger partial charge in [-0.15, -0.1) is 0 Å². The Morgan fingerprint density at radius 2 is 2.27 bits per heavy atom. The Labute approximate surface area is 87.7 Å².